The van der Waals surface area contributed by atoms with Crippen LogP contribution in [-0.4, -0.2) is 31.1 Å². The van der Waals surface area contributed by atoms with Crippen molar-refractivity contribution in [1.82, 2.24) is 5.32 Å². The van der Waals surface area contributed by atoms with Gasteiger partial charge in [-0.25, -0.2) is 8.78 Å². The summed E-state index contributed by atoms with van der Waals surface area (Å²) in [7, 11) is 0. The SMILES string of the molecule is O=C(NCC1CCCO1)C1CCC(C(=O)Nc2c(F)cccc2F)CC1. The van der Waals surface area contributed by atoms with Crippen LogP contribution in [0, 0.1) is 23.5 Å². The van der Waals surface area contributed by atoms with Crippen molar-refractivity contribution in [3.8, 4) is 0 Å². The number of halogens is 2. The van der Waals surface area contributed by atoms with Gasteiger partial charge in [-0.1, -0.05) is 6.07 Å². The van der Waals surface area contributed by atoms with Crippen molar-refractivity contribution >= 4 is 17.5 Å². The third-order valence-corrected chi connectivity index (χ3v) is 5.21. The molecule has 0 radical (unpaired) electrons. The lowest BCUT2D eigenvalue weighted by molar-refractivity contribution is -0.128. The molecule has 7 heteroatoms. The fourth-order valence-corrected chi connectivity index (χ4v) is 3.62. The highest BCUT2D eigenvalue weighted by molar-refractivity contribution is 5.93. The zero-order chi connectivity index (χ0) is 18.5. The summed E-state index contributed by atoms with van der Waals surface area (Å²) in [5.41, 5.74) is -0.408. The molecule has 1 aromatic carbocycles. The second kappa shape index (κ2) is 8.58. The number of carbonyl (C=O) groups is 2. The molecule has 1 saturated heterocycles. The zero-order valence-corrected chi connectivity index (χ0v) is 14.6. The Labute approximate surface area is 151 Å². The Kier molecular flexibility index (Phi) is 6.19. The number of para-hydroxylation sites is 1. The van der Waals surface area contributed by atoms with E-state index in [1.807, 2.05) is 0 Å². The molecule has 0 bridgehead atoms. The number of hydrogen-bond acceptors (Lipinski definition) is 3. The first-order valence-electron chi connectivity index (χ1n) is 9.19. The molecule has 1 heterocycles. The van der Waals surface area contributed by atoms with Crippen LogP contribution in [-0.2, 0) is 14.3 Å². The van der Waals surface area contributed by atoms with Gasteiger partial charge in [-0.15, -0.1) is 0 Å². The Bertz CT molecular complexity index is 634. The van der Waals surface area contributed by atoms with Crippen molar-refractivity contribution in [2.24, 2.45) is 11.8 Å². The van der Waals surface area contributed by atoms with E-state index in [9.17, 15) is 18.4 Å². The van der Waals surface area contributed by atoms with Gasteiger partial charge in [-0.05, 0) is 50.7 Å². The smallest absolute Gasteiger partial charge is 0.227 e. The van der Waals surface area contributed by atoms with Crippen LogP contribution in [0.15, 0.2) is 18.2 Å². The predicted molar refractivity (Wildman–Crippen MR) is 92.4 cm³/mol. The molecule has 1 saturated carbocycles. The minimum absolute atomic E-state index is 0.000457. The summed E-state index contributed by atoms with van der Waals surface area (Å²) >= 11 is 0. The lowest BCUT2D eigenvalue weighted by atomic mass is 9.81. The molecule has 1 atom stereocenters. The van der Waals surface area contributed by atoms with Crippen molar-refractivity contribution < 1.29 is 23.1 Å². The van der Waals surface area contributed by atoms with Crippen LogP contribution in [0.1, 0.15) is 38.5 Å². The van der Waals surface area contributed by atoms with E-state index in [4.69, 9.17) is 4.74 Å². The molecule has 26 heavy (non-hydrogen) atoms. The summed E-state index contributed by atoms with van der Waals surface area (Å²) in [6.07, 6.45) is 4.35. The van der Waals surface area contributed by atoms with E-state index in [-0.39, 0.29) is 23.8 Å². The molecule has 2 amide bonds. The van der Waals surface area contributed by atoms with E-state index in [2.05, 4.69) is 10.6 Å². The van der Waals surface area contributed by atoms with Gasteiger partial charge in [0.15, 0.2) is 0 Å². The van der Waals surface area contributed by atoms with E-state index in [0.29, 0.717) is 32.2 Å². The van der Waals surface area contributed by atoms with Gasteiger partial charge in [0.25, 0.3) is 0 Å². The molecule has 1 aliphatic heterocycles. The average Bonchev–Trinajstić information content (AvgIpc) is 3.16. The van der Waals surface area contributed by atoms with Gasteiger partial charge in [0.1, 0.15) is 17.3 Å². The molecule has 0 spiro atoms. The van der Waals surface area contributed by atoms with Gasteiger partial charge in [0.05, 0.1) is 6.10 Å². The summed E-state index contributed by atoms with van der Waals surface area (Å²) in [4.78, 5) is 24.5. The molecular weight excluding hydrogens is 342 g/mol. The lowest BCUT2D eigenvalue weighted by Gasteiger charge is -2.27. The van der Waals surface area contributed by atoms with Crippen molar-refractivity contribution in [2.75, 3.05) is 18.5 Å². The van der Waals surface area contributed by atoms with Gasteiger partial charge in [0, 0.05) is 25.0 Å². The number of benzene rings is 1. The van der Waals surface area contributed by atoms with E-state index >= 15 is 0 Å². The summed E-state index contributed by atoms with van der Waals surface area (Å²) in [6.45, 7) is 1.29. The Morgan fingerprint density at radius 2 is 1.62 bits per heavy atom. The fraction of sp³-hybridized carbons (Fsp3) is 0.579. The summed E-state index contributed by atoms with van der Waals surface area (Å²) in [5, 5.41) is 5.28. The first-order chi connectivity index (χ1) is 12.5. The summed E-state index contributed by atoms with van der Waals surface area (Å²) < 4.78 is 32.8. The summed E-state index contributed by atoms with van der Waals surface area (Å²) in [5.74, 6) is -2.44. The van der Waals surface area contributed by atoms with Crippen LogP contribution in [0.3, 0.4) is 0 Å². The second-order valence-corrected chi connectivity index (χ2v) is 7.01. The molecule has 2 aliphatic rings. The van der Waals surface area contributed by atoms with Crippen molar-refractivity contribution in [1.29, 1.82) is 0 Å². The molecule has 1 unspecified atom stereocenters. The number of rotatable bonds is 5. The number of hydrogen-bond donors (Lipinski definition) is 2. The number of ether oxygens (including phenoxy) is 1. The molecule has 5 nitrogen and oxygen atoms in total. The molecular formula is C19H24F2N2O3. The van der Waals surface area contributed by atoms with Crippen molar-refractivity contribution in [2.45, 2.75) is 44.6 Å². The lowest BCUT2D eigenvalue weighted by Crippen LogP contribution is -2.38. The third-order valence-electron chi connectivity index (χ3n) is 5.21. The minimum Gasteiger partial charge on any atom is -0.376 e. The van der Waals surface area contributed by atoms with Gasteiger partial charge in [0.2, 0.25) is 11.8 Å². The fourth-order valence-electron chi connectivity index (χ4n) is 3.62. The Morgan fingerprint density at radius 3 is 2.19 bits per heavy atom. The van der Waals surface area contributed by atoms with E-state index in [1.54, 1.807) is 0 Å². The maximum absolute atomic E-state index is 13.6. The molecule has 1 aromatic rings. The number of anilines is 1. The van der Waals surface area contributed by atoms with E-state index in [0.717, 1.165) is 31.6 Å². The highest BCUT2D eigenvalue weighted by atomic mass is 19.1. The van der Waals surface area contributed by atoms with Crippen LogP contribution < -0.4 is 10.6 Å². The minimum atomic E-state index is -0.791. The van der Waals surface area contributed by atoms with Crippen molar-refractivity contribution in [3.63, 3.8) is 0 Å². The van der Waals surface area contributed by atoms with Crippen LogP contribution in [0.4, 0.5) is 14.5 Å². The zero-order valence-electron chi connectivity index (χ0n) is 14.6. The highest BCUT2D eigenvalue weighted by Gasteiger charge is 2.31. The molecule has 142 valence electrons. The van der Waals surface area contributed by atoms with Crippen molar-refractivity contribution in [3.05, 3.63) is 29.8 Å². The van der Waals surface area contributed by atoms with Crippen LogP contribution in [0.2, 0.25) is 0 Å². The number of amides is 2. The summed E-state index contributed by atoms with van der Waals surface area (Å²) in [6, 6.07) is 3.46. The maximum atomic E-state index is 13.6. The van der Waals surface area contributed by atoms with Gasteiger partial charge >= 0.3 is 0 Å². The predicted octanol–water partition coefficient (Wildman–Crippen LogP) is 3.00. The molecule has 1 aliphatic carbocycles. The van der Waals surface area contributed by atoms with E-state index < -0.39 is 23.2 Å². The van der Waals surface area contributed by atoms with Gasteiger partial charge in [-0.2, -0.15) is 0 Å². The van der Waals surface area contributed by atoms with Crippen LogP contribution in [0.25, 0.3) is 0 Å². The Hall–Kier alpha value is -2.02. The topological polar surface area (TPSA) is 67.4 Å². The first kappa shape index (κ1) is 18.8. The molecule has 2 fully saturated rings. The molecule has 3 rings (SSSR count). The molecule has 2 N–H and O–H groups in total. The number of nitrogens with one attached hydrogen (secondary N) is 2. The largest absolute Gasteiger partial charge is 0.376 e. The van der Waals surface area contributed by atoms with Crippen LogP contribution in [0.5, 0.6) is 0 Å². The highest BCUT2D eigenvalue weighted by Crippen LogP contribution is 2.30. The molecule has 0 aromatic heterocycles. The second-order valence-electron chi connectivity index (χ2n) is 7.01. The third kappa shape index (κ3) is 4.58. The van der Waals surface area contributed by atoms with E-state index in [1.165, 1.54) is 6.07 Å². The Morgan fingerprint density at radius 1 is 1.00 bits per heavy atom. The van der Waals surface area contributed by atoms with Gasteiger partial charge in [-0.3, -0.25) is 9.59 Å². The Balaban J connectivity index is 1.45. The number of carbonyl (C=O) groups excluding carboxylic acids is 2. The van der Waals surface area contributed by atoms with Gasteiger partial charge < -0.3 is 15.4 Å². The average molecular weight is 366 g/mol. The maximum Gasteiger partial charge on any atom is 0.227 e. The quantitative estimate of drug-likeness (QED) is 0.842. The first-order valence-corrected chi connectivity index (χ1v) is 9.19. The van der Waals surface area contributed by atoms with Crippen LogP contribution >= 0.6 is 0 Å². The standard InChI is InChI=1S/C19H24F2N2O3/c20-15-4-1-5-16(21)17(15)23-19(25)13-8-6-12(7-9-13)18(24)22-11-14-3-2-10-26-14/h1,4-5,12-14H,2-3,6-11H2,(H,22,24)(H,23,25). The monoisotopic (exact) mass is 366 g/mol. The normalized spacial score (nSPS) is 25.7.